The van der Waals surface area contributed by atoms with E-state index < -0.39 is 0 Å². The topological polar surface area (TPSA) is 55.9 Å². The SMILES string of the molecule is Cc1nn(C)cc1C(Cc1cccc2ccccc12)NN. The number of fused-ring (bicyclic) bond motifs is 1. The smallest absolute Gasteiger partial charge is 0.0642 e. The highest BCUT2D eigenvalue weighted by Gasteiger charge is 2.16. The van der Waals surface area contributed by atoms with Crippen LogP contribution in [0.1, 0.15) is 22.9 Å². The predicted molar refractivity (Wildman–Crippen MR) is 85.7 cm³/mol. The maximum absolute atomic E-state index is 5.79. The molecule has 3 aromatic rings. The molecule has 1 atom stereocenters. The zero-order chi connectivity index (χ0) is 14.8. The van der Waals surface area contributed by atoms with Gasteiger partial charge in [-0.3, -0.25) is 16.0 Å². The van der Waals surface area contributed by atoms with Gasteiger partial charge in [0.2, 0.25) is 0 Å². The van der Waals surface area contributed by atoms with Crippen molar-refractivity contribution in [2.45, 2.75) is 19.4 Å². The molecule has 4 nitrogen and oxygen atoms in total. The van der Waals surface area contributed by atoms with E-state index in [-0.39, 0.29) is 6.04 Å². The Morgan fingerprint density at radius 2 is 1.95 bits per heavy atom. The molecule has 2 aromatic carbocycles. The van der Waals surface area contributed by atoms with E-state index in [1.54, 1.807) is 0 Å². The number of aromatic nitrogens is 2. The lowest BCUT2D eigenvalue weighted by atomic mass is 9.96. The molecule has 4 heteroatoms. The molecule has 108 valence electrons. The maximum atomic E-state index is 5.79. The summed E-state index contributed by atoms with van der Waals surface area (Å²) in [6.07, 6.45) is 2.87. The fourth-order valence-electron chi connectivity index (χ4n) is 2.91. The van der Waals surface area contributed by atoms with E-state index >= 15 is 0 Å². The molecule has 21 heavy (non-hydrogen) atoms. The summed E-state index contributed by atoms with van der Waals surface area (Å²) < 4.78 is 1.83. The Labute approximate surface area is 124 Å². The van der Waals surface area contributed by atoms with Crippen molar-refractivity contribution in [2.75, 3.05) is 0 Å². The summed E-state index contributed by atoms with van der Waals surface area (Å²) in [4.78, 5) is 0. The molecule has 0 aliphatic rings. The van der Waals surface area contributed by atoms with Gasteiger partial charge in [-0.05, 0) is 29.7 Å². The summed E-state index contributed by atoms with van der Waals surface area (Å²) >= 11 is 0. The van der Waals surface area contributed by atoms with E-state index in [0.29, 0.717) is 0 Å². The first-order chi connectivity index (χ1) is 10.2. The second kappa shape index (κ2) is 5.68. The number of rotatable bonds is 4. The van der Waals surface area contributed by atoms with Crippen molar-refractivity contribution < 1.29 is 0 Å². The quantitative estimate of drug-likeness (QED) is 0.570. The van der Waals surface area contributed by atoms with Gasteiger partial charge in [-0.1, -0.05) is 42.5 Å². The van der Waals surface area contributed by atoms with Crippen molar-refractivity contribution in [3.05, 3.63) is 65.5 Å². The summed E-state index contributed by atoms with van der Waals surface area (Å²) in [6.45, 7) is 2.02. The van der Waals surface area contributed by atoms with Gasteiger partial charge < -0.3 is 0 Å². The number of nitrogens with two attached hydrogens (primary N) is 1. The van der Waals surface area contributed by atoms with Crippen LogP contribution in [-0.4, -0.2) is 9.78 Å². The number of nitrogens with one attached hydrogen (secondary N) is 1. The second-order valence-corrected chi connectivity index (χ2v) is 5.41. The van der Waals surface area contributed by atoms with Crippen LogP contribution < -0.4 is 11.3 Å². The molecule has 1 unspecified atom stereocenters. The lowest BCUT2D eigenvalue weighted by molar-refractivity contribution is 0.550. The summed E-state index contributed by atoms with van der Waals surface area (Å²) in [6, 6.07) is 14.9. The van der Waals surface area contributed by atoms with Gasteiger partial charge in [0.25, 0.3) is 0 Å². The third kappa shape index (κ3) is 2.68. The van der Waals surface area contributed by atoms with E-state index in [2.05, 4.69) is 53.0 Å². The molecule has 1 aromatic heterocycles. The molecule has 0 amide bonds. The Kier molecular flexibility index (Phi) is 3.73. The molecule has 0 aliphatic heterocycles. The van der Waals surface area contributed by atoms with Gasteiger partial charge in [0.05, 0.1) is 11.7 Å². The number of hydrazine groups is 1. The zero-order valence-electron chi connectivity index (χ0n) is 12.4. The molecular formula is C17H20N4. The Hall–Kier alpha value is -2.17. The van der Waals surface area contributed by atoms with Gasteiger partial charge in [0, 0.05) is 18.8 Å². The van der Waals surface area contributed by atoms with Gasteiger partial charge in [-0.2, -0.15) is 5.10 Å². The van der Waals surface area contributed by atoms with Crippen molar-refractivity contribution in [3.8, 4) is 0 Å². The first-order valence-corrected chi connectivity index (χ1v) is 7.12. The Morgan fingerprint density at radius 1 is 1.19 bits per heavy atom. The van der Waals surface area contributed by atoms with Gasteiger partial charge in [-0.25, -0.2) is 0 Å². The summed E-state index contributed by atoms with van der Waals surface area (Å²) in [5.41, 5.74) is 6.38. The normalized spacial score (nSPS) is 12.7. The molecule has 0 aliphatic carbocycles. The predicted octanol–water partition coefficient (Wildman–Crippen LogP) is 2.63. The number of hydrogen-bond donors (Lipinski definition) is 2. The zero-order valence-corrected chi connectivity index (χ0v) is 12.4. The molecule has 1 heterocycles. The standard InChI is InChI=1S/C17H20N4/c1-12-16(11-21(2)20-12)17(19-18)10-14-8-5-7-13-6-3-4-9-15(13)14/h3-9,11,17,19H,10,18H2,1-2H3. The van der Waals surface area contributed by atoms with E-state index in [1.165, 1.54) is 16.3 Å². The maximum Gasteiger partial charge on any atom is 0.0642 e. The minimum atomic E-state index is 0.0597. The molecule has 3 N–H and O–H groups in total. The van der Waals surface area contributed by atoms with Crippen LogP contribution >= 0.6 is 0 Å². The fourth-order valence-corrected chi connectivity index (χ4v) is 2.91. The third-order valence-electron chi connectivity index (χ3n) is 3.93. The van der Waals surface area contributed by atoms with Crippen LogP contribution in [0.4, 0.5) is 0 Å². The minimum Gasteiger partial charge on any atom is -0.275 e. The highest BCUT2D eigenvalue weighted by Crippen LogP contribution is 2.25. The number of benzene rings is 2. The van der Waals surface area contributed by atoms with Gasteiger partial charge in [0.15, 0.2) is 0 Å². The van der Waals surface area contributed by atoms with Crippen molar-refractivity contribution in [1.82, 2.24) is 15.2 Å². The lowest BCUT2D eigenvalue weighted by Gasteiger charge is -2.16. The summed E-state index contributed by atoms with van der Waals surface area (Å²) in [5, 5.41) is 6.94. The van der Waals surface area contributed by atoms with Crippen LogP contribution in [0.5, 0.6) is 0 Å². The molecule has 0 bridgehead atoms. The summed E-state index contributed by atoms with van der Waals surface area (Å²) in [7, 11) is 1.93. The van der Waals surface area contributed by atoms with Crippen molar-refractivity contribution in [2.24, 2.45) is 12.9 Å². The van der Waals surface area contributed by atoms with E-state index in [9.17, 15) is 0 Å². The van der Waals surface area contributed by atoms with E-state index in [0.717, 1.165) is 17.7 Å². The van der Waals surface area contributed by atoms with Gasteiger partial charge in [-0.15, -0.1) is 0 Å². The van der Waals surface area contributed by atoms with Crippen LogP contribution in [0.15, 0.2) is 48.7 Å². The van der Waals surface area contributed by atoms with Crippen molar-refractivity contribution in [3.63, 3.8) is 0 Å². The van der Waals surface area contributed by atoms with Gasteiger partial charge >= 0.3 is 0 Å². The Balaban J connectivity index is 1.98. The van der Waals surface area contributed by atoms with Gasteiger partial charge in [0.1, 0.15) is 0 Å². The molecular weight excluding hydrogens is 260 g/mol. The monoisotopic (exact) mass is 280 g/mol. The Morgan fingerprint density at radius 3 is 2.67 bits per heavy atom. The molecule has 3 rings (SSSR count). The second-order valence-electron chi connectivity index (χ2n) is 5.41. The highest BCUT2D eigenvalue weighted by molar-refractivity contribution is 5.85. The summed E-state index contributed by atoms with van der Waals surface area (Å²) in [5.74, 6) is 5.79. The average molecular weight is 280 g/mol. The van der Waals surface area contributed by atoms with Crippen LogP contribution in [0, 0.1) is 6.92 Å². The lowest BCUT2D eigenvalue weighted by Crippen LogP contribution is -2.29. The molecule has 0 spiro atoms. The van der Waals surface area contributed by atoms with Crippen LogP contribution in [0.2, 0.25) is 0 Å². The largest absolute Gasteiger partial charge is 0.275 e. The minimum absolute atomic E-state index is 0.0597. The van der Waals surface area contributed by atoms with Crippen molar-refractivity contribution >= 4 is 10.8 Å². The van der Waals surface area contributed by atoms with Crippen molar-refractivity contribution in [1.29, 1.82) is 0 Å². The first kappa shape index (κ1) is 13.8. The Bertz CT molecular complexity index is 755. The molecule has 0 fully saturated rings. The van der Waals surface area contributed by atoms with Crippen LogP contribution in [-0.2, 0) is 13.5 Å². The fraction of sp³-hybridized carbons (Fsp3) is 0.235. The number of nitrogens with zero attached hydrogens (tertiary/aromatic N) is 2. The van der Waals surface area contributed by atoms with Crippen LogP contribution in [0.3, 0.4) is 0 Å². The first-order valence-electron chi connectivity index (χ1n) is 7.12. The molecule has 0 saturated heterocycles. The molecule has 0 saturated carbocycles. The number of hydrogen-bond acceptors (Lipinski definition) is 3. The third-order valence-corrected chi connectivity index (χ3v) is 3.93. The average Bonchev–Trinajstić information content (AvgIpc) is 2.83. The van der Waals surface area contributed by atoms with Crippen LogP contribution in [0.25, 0.3) is 10.8 Å². The number of aryl methyl sites for hydroxylation is 2. The van der Waals surface area contributed by atoms with E-state index in [1.807, 2.05) is 24.9 Å². The highest BCUT2D eigenvalue weighted by atomic mass is 15.3. The van der Waals surface area contributed by atoms with E-state index in [4.69, 9.17) is 5.84 Å². The molecule has 0 radical (unpaired) electrons.